The normalized spacial score (nSPS) is 15.1. The quantitative estimate of drug-likeness (QED) is 0.517. The van der Waals surface area contributed by atoms with Gasteiger partial charge in [-0.25, -0.2) is 0 Å². The molecule has 1 aliphatic heterocycles. The van der Waals surface area contributed by atoms with Crippen LogP contribution in [-0.4, -0.2) is 48.3 Å². The number of nitrogens with zero attached hydrogens (tertiary/aromatic N) is 3. The number of anilines is 1. The van der Waals surface area contributed by atoms with E-state index in [9.17, 15) is 18.0 Å². The maximum Gasteiger partial charge on any atom is 0.418 e. The van der Waals surface area contributed by atoms with Gasteiger partial charge >= 0.3 is 6.18 Å². The molecular formula is C24H25F3N4O4. The molecule has 1 amide bonds. The number of carbonyl (C=O) groups excluding carboxylic acids is 1. The molecule has 1 saturated heterocycles. The lowest BCUT2D eigenvalue weighted by atomic mass is 9.95. The number of rotatable bonds is 7. The Bertz CT molecular complexity index is 1170. The third-order valence-corrected chi connectivity index (χ3v) is 5.92. The molecule has 1 fully saturated rings. The van der Waals surface area contributed by atoms with Crippen molar-refractivity contribution < 1.29 is 32.0 Å². The van der Waals surface area contributed by atoms with Crippen LogP contribution in [0.15, 0.2) is 47.0 Å². The Morgan fingerprint density at radius 2 is 1.83 bits per heavy atom. The van der Waals surface area contributed by atoms with Crippen LogP contribution in [0.4, 0.5) is 18.9 Å². The van der Waals surface area contributed by atoms with E-state index in [1.807, 2.05) is 0 Å². The monoisotopic (exact) mass is 490 g/mol. The predicted molar refractivity (Wildman–Crippen MR) is 121 cm³/mol. The maximum absolute atomic E-state index is 13.2. The summed E-state index contributed by atoms with van der Waals surface area (Å²) in [6.07, 6.45) is -3.51. The zero-order valence-corrected chi connectivity index (χ0v) is 19.3. The molecule has 2 aromatic carbocycles. The largest absolute Gasteiger partial charge is 0.493 e. The summed E-state index contributed by atoms with van der Waals surface area (Å²) in [5, 5.41) is 6.49. The lowest BCUT2D eigenvalue weighted by Crippen LogP contribution is -2.38. The first-order valence-corrected chi connectivity index (χ1v) is 11.0. The van der Waals surface area contributed by atoms with Gasteiger partial charge in [0.2, 0.25) is 17.6 Å². The highest BCUT2D eigenvalue weighted by Gasteiger charge is 2.34. The number of hydrogen-bond donors (Lipinski definition) is 1. The molecule has 0 spiro atoms. The van der Waals surface area contributed by atoms with Crippen LogP contribution in [0.5, 0.6) is 11.5 Å². The summed E-state index contributed by atoms with van der Waals surface area (Å²) in [4.78, 5) is 19.1. The van der Waals surface area contributed by atoms with Gasteiger partial charge in [-0.3, -0.25) is 9.69 Å². The number of halogens is 3. The van der Waals surface area contributed by atoms with Crippen LogP contribution < -0.4 is 14.8 Å². The van der Waals surface area contributed by atoms with Gasteiger partial charge < -0.3 is 19.3 Å². The van der Waals surface area contributed by atoms with Crippen LogP contribution in [0.3, 0.4) is 0 Å². The van der Waals surface area contributed by atoms with Crippen molar-refractivity contribution in [1.82, 2.24) is 15.0 Å². The van der Waals surface area contributed by atoms with E-state index in [-0.39, 0.29) is 11.6 Å². The predicted octanol–water partition coefficient (Wildman–Crippen LogP) is 4.62. The summed E-state index contributed by atoms with van der Waals surface area (Å²) < 4.78 is 55.5. The number of piperidine rings is 1. The highest BCUT2D eigenvalue weighted by atomic mass is 19.4. The van der Waals surface area contributed by atoms with Crippen LogP contribution in [-0.2, 0) is 17.5 Å². The number of nitrogens with one attached hydrogen (secondary N) is 1. The second kappa shape index (κ2) is 10.3. The Morgan fingerprint density at radius 3 is 2.51 bits per heavy atom. The number of hydrogen-bond acceptors (Lipinski definition) is 7. The van der Waals surface area contributed by atoms with Crippen molar-refractivity contribution in [2.24, 2.45) is 5.92 Å². The number of ether oxygens (including phenoxy) is 2. The molecule has 0 bridgehead atoms. The van der Waals surface area contributed by atoms with Crippen molar-refractivity contribution in [3.8, 4) is 22.9 Å². The molecule has 1 aromatic heterocycles. The van der Waals surface area contributed by atoms with Gasteiger partial charge in [-0.1, -0.05) is 17.3 Å². The average molecular weight is 490 g/mol. The maximum atomic E-state index is 13.2. The minimum Gasteiger partial charge on any atom is -0.493 e. The molecule has 35 heavy (non-hydrogen) atoms. The average Bonchev–Trinajstić information content (AvgIpc) is 3.32. The lowest BCUT2D eigenvalue weighted by Gasteiger charge is -2.30. The van der Waals surface area contributed by atoms with Gasteiger partial charge in [0.1, 0.15) is 0 Å². The number of amides is 1. The number of aromatic nitrogens is 2. The fourth-order valence-electron chi connectivity index (χ4n) is 4.03. The zero-order valence-electron chi connectivity index (χ0n) is 19.3. The Kier molecular flexibility index (Phi) is 7.25. The Labute approximate surface area is 200 Å². The van der Waals surface area contributed by atoms with Crippen molar-refractivity contribution in [2.45, 2.75) is 25.6 Å². The van der Waals surface area contributed by atoms with Crippen LogP contribution >= 0.6 is 0 Å². The molecule has 2 heterocycles. The molecule has 0 atom stereocenters. The Hall–Kier alpha value is -3.60. The summed E-state index contributed by atoms with van der Waals surface area (Å²) in [5.41, 5.74) is -0.361. The second-order valence-electron chi connectivity index (χ2n) is 8.16. The number of carbonyl (C=O) groups is 1. The molecule has 1 aliphatic rings. The summed E-state index contributed by atoms with van der Waals surface area (Å²) in [6, 6.07) is 10.3. The summed E-state index contributed by atoms with van der Waals surface area (Å²) >= 11 is 0. The van der Waals surface area contributed by atoms with Gasteiger partial charge in [-0.05, 0) is 56.3 Å². The summed E-state index contributed by atoms with van der Waals surface area (Å²) in [5.74, 6) is 1.20. The van der Waals surface area contributed by atoms with E-state index in [1.165, 1.54) is 18.2 Å². The zero-order chi connectivity index (χ0) is 25.0. The standard InChI is InChI=1S/C24H25F3N4O4/c1-33-19-8-7-16(13-20(19)34-2)22-29-21(35-30-22)14-31-11-9-15(10-12-31)23(32)28-18-6-4-3-5-17(18)24(25,26)27/h3-8,13,15H,9-12,14H2,1-2H3,(H,28,32). The van der Waals surface area contributed by atoms with Crippen LogP contribution in [0, 0.1) is 5.92 Å². The van der Waals surface area contributed by atoms with E-state index in [0.717, 1.165) is 6.07 Å². The van der Waals surface area contributed by atoms with Crippen LogP contribution in [0.1, 0.15) is 24.3 Å². The third-order valence-electron chi connectivity index (χ3n) is 5.92. The molecular weight excluding hydrogens is 465 g/mol. The van der Waals surface area contributed by atoms with Crippen LogP contribution in [0.2, 0.25) is 0 Å². The molecule has 0 radical (unpaired) electrons. The van der Waals surface area contributed by atoms with Crippen LogP contribution in [0.25, 0.3) is 11.4 Å². The lowest BCUT2D eigenvalue weighted by molar-refractivity contribution is -0.137. The second-order valence-corrected chi connectivity index (χ2v) is 8.16. The van der Waals surface area contributed by atoms with Gasteiger partial charge in [-0.15, -0.1) is 0 Å². The molecule has 8 nitrogen and oxygen atoms in total. The number of benzene rings is 2. The number of likely N-dealkylation sites (tertiary alicyclic amines) is 1. The first-order chi connectivity index (χ1) is 16.8. The molecule has 4 rings (SSSR count). The molecule has 1 N–H and O–H groups in total. The van der Waals surface area contributed by atoms with Crippen molar-refractivity contribution in [1.29, 1.82) is 0 Å². The summed E-state index contributed by atoms with van der Waals surface area (Å²) in [6.45, 7) is 1.56. The van der Waals surface area contributed by atoms with Gasteiger partial charge in [0.15, 0.2) is 11.5 Å². The highest BCUT2D eigenvalue weighted by Crippen LogP contribution is 2.35. The van der Waals surface area contributed by atoms with Gasteiger partial charge in [0, 0.05) is 11.5 Å². The molecule has 3 aromatic rings. The number of para-hydroxylation sites is 1. The van der Waals surface area contributed by atoms with E-state index in [1.54, 1.807) is 32.4 Å². The molecule has 11 heteroatoms. The Morgan fingerprint density at radius 1 is 1.11 bits per heavy atom. The molecule has 0 unspecified atom stereocenters. The van der Waals surface area contributed by atoms with Crippen molar-refractivity contribution in [3.63, 3.8) is 0 Å². The fourth-order valence-corrected chi connectivity index (χ4v) is 4.03. The highest BCUT2D eigenvalue weighted by molar-refractivity contribution is 5.93. The number of alkyl halides is 3. The fraction of sp³-hybridized carbons (Fsp3) is 0.375. The van der Waals surface area contributed by atoms with Crippen molar-refractivity contribution in [3.05, 3.63) is 53.9 Å². The van der Waals surface area contributed by atoms with E-state index in [2.05, 4.69) is 20.4 Å². The van der Waals surface area contributed by atoms with Gasteiger partial charge in [-0.2, -0.15) is 18.2 Å². The topological polar surface area (TPSA) is 89.7 Å². The summed E-state index contributed by atoms with van der Waals surface area (Å²) in [7, 11) is 3.10. The van der Waals surface area contributed by atoms with Gasteiger partial charge in [0.25, 0.3) is 0 Å². The minimum absolute atomic E-state index is 0.221. The molecule has 0 saturated carbocycles. The first kappa shape index (κ1) is 24.5. The number of methoxy groups -OCH3 is 2. The van der Waals surface area contributed by atoms with E-state index < -0.39 is 17.6 Å². The van der Waals surface area contributed by atoms with Gasteiger partial charge in [0.05, 0.1) is 32.0 Å². The van der Waals surface area contributed by atoms with Crippen molar-refractivity contribution >= 4 is 11.6 Å². The molecule has 0 aliphatic carbocycles. The molecule has 186 valence electrons. The van der Waals surface area contributed by atoms with E-state index >= 15 is 0 Å². The third kappa shape index (κ3) is 5.73. The van der Waals surface area contributed by atoms with E-state index in [0.29, 0.717) is 61.3 Å². The van der Waals surface area contributed by atoms with E-state index in [4.69, 9.17) is 14.0 Å². The first-order valence-electron chi connectivity index (χ1n) is 11.0. The van der Waals surface area contributed by atoms with Crippen molar-refractivity contribution in [2.75, 3.05) is 32.6 Å². The SMILES string of the molecule is COc1ccc(-c2noc(CN3CCC(C(=O)Nc4ccccc4C(F)(F)F)CC3)n2)cc1OC. The Balaban J connectivity index is 1.33. The smallest absolute Gasteiger partial charge is 0.418 e. The minimum atomic E-state index is -4.53.